The Bertz CT molecular complexity index is 1320. The fraction of sp³-hybridized carbons (Fsp3) is 0.208. The van der Waals surface area contributed by atoms with Gasteiger partial charge in [-0.05, 0) is 49.6 Å². The van der Waals surface area contributed by atoms with Crippen molar-refractivity contribution in [2.45, 2.75) is 27.3 Å². The number of ether oxygens (including phenoxy) is 1. The summed E-state index contributed by atoms with van der Waals surface area (Å²) in [6, 6.07) is 13.4. The van der Waals surface area contributed by atoms with E-state index < -0.39 is 0 Å². The standard InChI is InChI=1S/C24H23N3O3S/c1-14-6-5-7-15(2)22(14)26-20(28)12-27-16(3)25-23-21(24(27)29)19(13-31-23)17-8-10-18(30-4)11-9-17/h5-11,13H,12H2,1-4H3,(H,26,28). The fourth-order valence-electron chi connectivity index (χ4n) is 3.63. The van der Waals surface area contributed by atoms with Crippen LogP contribution >= 0.6 is 11.3 Å². The van der Waals surface area contributed by atoms with E-state index in [4.69, 9.17) is 4.74 Å². The highest BCUT2D eigenvalue weighted by molar-refractivity contribution is 7.17. The summed E-state index contributed by atoms with van der Waals surface area (Å²) in [6.07, 6.45) is 0. The fourth-order valence-corrected chi connectivity index (χ4v) is 4.61. The highest BCUT2D eigenvalue weighted by Crippen LogP contribution is 2.32. The number of benzene rings is 2. The van der Waals surface area contributed by atoms with Crippen LogP contribution in [0, 0.1) is 20.8 Å². The molecule has 31 heavy (non-hydrogen) atoms. The number of anilines is 1. The first-order chi connectivity index (χ1) is 14.9. The Morgan fingerprint density at radius 3 is 2.42 bits per heavy atom. The van der Waals surface area contributed by atoms with Gasteiger partial charge in [-0.3, -0.25) is 14.2 Å². The smallest absolute Gasteiger partial charge is 0.263 e. The van der Waals surface area contributed by atoms with Crippen LogP contribution in [0.4, 0.5) is 5.69 Å². The molecule has 0 saturated heterocycles. The molecular formula is C24H23N3O3S. The molecule has 0 saturated carbocycles. The average Bonchev–Trinajstić information content (AvgIpc) is 3.18. The number of hydrogen-bond acceptors (Lipinski definition) is 5. The van der Waals surface area contributed by atoms with Crippen LogP contribution in [-0.4, -0.2) is 22.6 Å². The van der Waals surface area contributed by atoms with Crippen LogP contribution in [0.5, 0.6) is 5.75 Å². The molecule has 2 aromatic carbocycles. The zero-order valence-corrected chi connectivity index (χ0v) is 18.7. The van der Waals surface area contributed by atoms with E-state index in [1.54, 1.807) is 14.0 Å². The maximum absolute atomic E-state index is 13.4. The van der Waals surface area contributed by atoms with Gasteiger partial charge in [-0.25, -0.2) is 4.98 Å². The lowest BCUT2D eigenvalue weighted by Gasteiger charge is -2.13. The Balaban J connectivity index is 1.71. The van der Waals surface area contributed by atoms with Gasteiger partial charge in [0.25, 0.3) is 5.56 Å². The number of thiophene rings is 1. The molecule has 0 bridgehead atoms. The zero-order chi connectivity index (χ0) is 22.1. The first kappa shape index (κ1) is 20.8. The van der Waals surface area contributed by atoms with E-state index in [0.29, 0.717) is 16.0 Å². The van der Waals surface area contributed by atoms with Gasteiger partial charge in [-0.2, -0.15) is 0 Å². The van der Waals surface area contributed by atoms with E-state index in [9.17, 15) is 9.59 Å². The van der Waals surface area contributed by atoms with Gasteiger partial charge in [0.2, 0.25) is 5.91 Å². The van der Waals surface area contributed by atoms with Crippen molar-refractivity contribution in [2.75, 3.05) is 12.4 Å². The molecule has 0 spiro atoms. The number of aryl methyl sites for hydroxylation is 3. The molecule has 7 heteroatoms. The molecule has 1 N–H and O–H groups in total. The summed E-state index contributed by atoms with van der Waals surface area (Å²) < 4.78 is 6.66. The van der Waals surface area contributed by atoms with Crippen molar-refractivity contribution >= 4 is 33.1 Å². The van der Waals surface area contributed by atoms with E-state index in [1.165, 1.54) is 15.9 Å². The Kier molecular flexibility index (Phi) is 5.61. The lowest BCUT2D eigenvalue weighted by Crippen LogP contribution is -2.30. The predicted octanol–water partition coefficient (Wildman–Crippen LogP) is 4.70. The first-order valence-electron chi connectivity index (χ1n) is 9.88. The molecule has 4 rings (SSSR count). The maximum atomic E-state index is 13.4. The van der Waals surface area contributed by atoms with Crippen molar-refractivity contribution in [3.8, 4) is 16.9 Å². The van der Waals surface area contributed by atoms with Crippen LogP contribution in [0.25, 0.3) is 21.3 Å². The Labute approximate surface area is 184 Å². The SMILES string of the molecule is COc1ccc(-c2csc3nc(C)n(CC(=O)Nc4c(C)cccc4C)c(=O)c23)cc1. The highest BCUT2D eigenvalue weighted by Gasteiger charge is 2.18. The van der Waals surface area contributed by atoms with Crippen molar-refractivity contribution in [2.24, 2.45) is 0 Å². The number of hydrogen-bond donors (Lipinski definition) is 1. The number of aromatic nitrogens is 2. The van der Waals surface area contributed by atoms with Crippen molar-refractivity contribution in [3.05, 3.63) is 75.1 Å². The van der Waals surface area contributed by atoms with Crippen LogP contribution < -0.4 is 15.6 Å². The normalized spacial score (nSPS) is 11.0. The molecule has 2 aromatic heterocycles. The number of para-hydroxylation sites is 1. The number of fused-ring (bicyclic) bond motifs is 1. The number of carbonyl (C=O) groups is 1. The minimum Gasteiger partial charge on any atom is -0.497 e. The Hall–Kier alpha value is -3.45. The number of nitrogens with zero attached hydrogens (tertiary/aromatic N) is 2. The summed E-state index contributed by atoms with van der Waals surface area (Å²) >= 11 is 1.42. The van der Waals surface area contributed by atoms with Crippen molar-refractivity contribution in [1.29, 1.82) is 0 Å². The van der Waals surface area contributed by atoms with Gasteiger partial charge in [0, 0.05) is 16.6 Å². The molecular weight excluding hydrogens is 410 g/mol. The molecule has 1 amide bonds. The van der Waals surface area contributed by atoms with E-state index in [-0.39, 0.29) is 18.0 Å². The number of rotatable bonds is 5. The van der Waals surface area contributed by atoms with Crippen molar-refractivity contribution in [3.63, 3.8) is 0 Å². The lowest BCUT2D eigenvalue weighted by atomic mass is 10.1. The molecule has 0 radical (unpaired) electrons. The van der Waals surface area contributed by atoms with Gasteiger partial charge in [-0.15, -0.1) is 11.3 Å². The third-order valence-corrected chi connectivity index (χ3v) is 6.21. The van der Waals surface area contributed by atoms with Gasteiger partial charge in [0.1, 0.15) is 22.9 Å². The third-order valence-electron chi connectivity index (χ3n) is 5.33. The summed E-state index contributed by atoms with van der Waals surface area (Å²) in [6.45, 7) is 5.54. The van der Waals surface area contributed by atoms with Gasteiger partial charge in [0.05, 0.1) is 12.5 Å². The van der Waals surface area contributed by atoms with E-state index in [1.807, 2.05) is 61.7 Å². The molecule has 0 atom stereocenters. The quantitative estimate of drug-likeness (QED) is 0.495. The second-order valence-corrected chi connectivity index (χ2v) is 8.28. The van der Waals surface area contributed by atoms with Crippen LogP contribution in [0.3, 0.4) is 0 Å². The second-order valence-electron chi connectivity index (χ2n) is 7.42. The largest absolute Gasteiger partial charge is 0.497 e. The topological polar surface area (TPSA) is 73.2 Å². The Morgan fingerprint density at radius 1 is 1.10 bits per heavy atom. The van der Waals surface area contributed by atoms with Crippen LogP contribution in [0.2, 0.25) is 0 Å². The summed E-state index contributed by atoms with van der Waals surface area (Å²) in [5.74, 6) is 1.00. The first-order valence-corrected chi connectivity index (χ1v) is 10.8. The predicted molar refractivity (Wildman–Crippen MR) is 125 cm³/mol. The summed E-state index contributed by atoms with van der Waals surface area (Å²) in [4.78, 5) is 31.4. The second kappa shape index (κ2) is 8.35. The molecule has 0 fully saturated rings. The van der Waals surface area contributed by atoms with Crippen LogP contribution in [0.15, 0.2) is 52.6 Å². The molecule has 0 aliphatic heterocycles. The van der Waals surface area contributed by atoms with Crippen molar-refractivity contribution < 1.29 is 9.53 Å². The maximum Gasteiger partial charge on any atom is 0.263 e. The highest BCUT2D eigenvalue weighted by atomic mass is 32.1. The van der Waals surface area contributed by atoms with E-state index in [0.717, 1.165) is 33.7 Å². The van der Waals surface area contributed by atoms with Gasteiger partial charge >= 0.3 is 0 Å². The van der Waals surface area contributed by atoms with Gasteiger partial charge in [0.15, 0.2) is 0 Å². The molecule has 6 nitrogen and oxygen atoms in total. The van der Waals surface area contributed by atoms with Crippen molar-refractivity contribution in [1.82, 2.24) is 9.55 Å². The number of carbonyl (C=O) groups excluding carboxylic acids is 1. The molecule has 2 heterocycles. The number of methoxy groups -OCH3 is 1. The summed E-state index contributed by atoms with van der Waals surface area (Å²) in [5.41, 5.74) is 4.23. The van der Waals surface area contributed by atoms with Gasteiger partial charge < -0.3 is 10.1 Å². The van der Waals surface area contributed by atoms with Gasteiger partial charge in [-0.1, -0.05) is 30.3 Å². The average molecular weight is 434 g/mol. The van der Waals surface area contributed by atoms with E-state index in [2.05, 4.69) is 10.3 Å². The van der Waals surface area contributed by atoms with Crippen LogP contribution in [-0.2, 0) is 11.3 Å². The molecule has 0 unspecified atom stereocenters. The minimum atomic E-state index is -0.259. The monoisotopic (exact) mass is 433 g/mol. The minimum absolute atomic E-state index is 0.0979. The molecule has 0 aliphatic carbocycles. The lowest BCUT2D eigenvalue weighted by molar-refractivity contribution is -0.116. The third kappa shape index (κ3) is 3.96. The summed E-state index contributed by atoms with van der Waals surface area (Å²) in [7, 11) is 1.61. The summed E-state index contributed by atoms with van der Waals surface area (Å²) in [5, 5.41) is 5.40. The molecule has 0 aliphatic rings. The number of nitrogens with one attached hydrogen (secondary N) is 1. The number of amides is 1. The molecule has 158 valence electrons. The van der Waals surface area contributed by atoms with E-state index >= 15 is 0 Å². The molecule has 4 aromatic rings. The zero-order valence-electron chi connectivity index (χ0n) is 17.9. The van der Waals surface area contributed by atoms with Crippen LogP contribution in [0.1, 0.15) is 17.0 Å². The Morgan fingerprint density at radius 2 is 1.77 bits per heavy atom.